The van der Waals surface area contributed by atoms with Crippen molar-refractivity contribution in [3.63, 3.8) is 0 Å². The summed E-state index contributed by atoms with van der Waals surface area (Å²) in [5.74, 6) is -2.47. The minimum Gasteiger partial charge on any atom is -0.347 e. The number of nitrogens with zero attached hydrogens (tertiary/aromatic N) is 4. The van der Waals surface area contributed by atoms with Gasteiger partial charge in [0.2, 0.25) is 5.91 Å². The number of carbonyl (C=O) groups is 3. The molecule has 0 aliphatic carbocycles. The zero-order valence-corrected chi connectivity index (χ0v) is 26.2. The molecule has 2 N–H and O–H groups in total. The van der Waals surface area contributed by atoms with Gasteiger partial charge in [-0.05, 0) is 63.0 Å². The number of hydrogen-bond acceptors (Lipinski definition) is 5. The number of rotatable bonds is 11. The van der Waals surface area contributed by atoms with E-state index in [1.165, 1.54) is 53.4 Å². The number of nitrogens with one attached hydrogen (secondary N) is 2. The molecule has 0 fully saturated rings. The van der Waals surface area contributed by atoms with Crippen molar-refractivity contribution >= 4 is 23.5 Å². The van der Waals surface area contributed by atoms with Crippen molar-refractivity contribution in [2.24, 2.45) is 0 Å². The zero-order valence-electron chi connectivity index (χ0n) is 26.2. The number of likely N-dealkylation sites (N-methyl/N-ethyl adjacent to an activating group) is 2. The first-order chi connectivity index (χ1) is 22.6. The molecule has 12 heteroatoms. The summed E-state index contributed by atoms with van der Waals surface area (Å²) >= 11 is 0. The van der Waals surface area contributed by atoms with Crippen LogP contribution in [0.25, 0.3) is 5.69 Å². The fourth-order valence-electron chi connectivity index (χ4n) is 5.63. The number of aromatic nitrogens is 2. The van der Waals surface area contributed by atoms with Crippen molar-refractivity contribution in [2.45, 2.75) is 31.9 Å². The maximum absolute atomic E-state index is 14.3. The molecule has 47 heavy (non-hydrogen) atoms. The Bertz CT molecular complexity index is 1770. The first-order valence-corrected chi connectivity index (χ1v) is 15.1. The number of anilines is 1. The normalized spacial score (nSPS) is 16.2. The minimum absolute atomic E-state index is 0.0200. The molecule has 3 amide bonds. The van der Waals surface area contributed by atoms with Crippen molar-refractivity contribution in [3.05, 3.63) is 125 Å². The smallest absolute Gasteiger partial charge is 0.263 e. The second-order valence-electron chi connectivity index (χ2n) is 11.3. The Hall–Kier alpha value is -5.23. The van der Waals surface area contributed by atoms with E-state index in [1.54, 1.807) is 17.7 Å². The fourth-order valence-corrected chi connectivity index (χ4v) is 5.63. The van der Waals surface area contributed by atoms with Gasteiger partial charge in [0, 0.05) is 41.8 Å². The molecular weight excluding hydrogens is 609 g/mol. The summed E-state index contributed by atoms with van der Waals surface area (Å²) in [5, 5.41) is 10.5. The lowest BCUT2D eigenvalue weighted by Gasteiger charge is -2.38. The zero-order chi connectivity index (χ0) is 33.7. The molecule has 2 atom stereocenters. The molecule has 0 unspecified atom stereocenters. The highest BCUT2D eigenvalue weighted by atomic mass is 19.3. The van der Waals surface area contributed by atoms with E-state index in [4.69, 9.17) is 5.10 Å². The van der Waals surface area contributed by atoms with E-state index >= 15 is 0 Å². The van der Waals surface area contributed by atoms with Gasteiger partial charge in [-0.3, -0.25) is 19.3 Å². The topological polar surface area (TPSA) is 99.6 Å². The van der Waals surface area contributed by atoms with Gasteiger partial charge in [0.05, 0.1) is 17.9 Å². The summed E-state index contributed by atoms with van der Waals surface area (Å²) in [6.07, 6.45) is 0.362. The maximum atomic E-state index is 14.3. The van der Waals surface area contributed by atoms with E-state index in [0.29, 0.717) is 34.9 Å². The second kappa shape index (κ2) is 14.5. The molecule has 4 aromatic rings. The van der Waals surface area contributed by atoms with Crippen LogP contribution in [0.5, 0.6) is 0 Å². The van der Waals surface area contributed by atoms with Gasteiger partial charge >= 0.3 is 0 Å². The average Bonchev–Trinajstić information content (AvgIpc) is 3.43. The Morgan fingerprint density at radius 2 is 1.74 bits per heavy atom. The third-order valence-corrected chi connectivity index (χ3v) is 7.81. The summed E-state index contributed by atoms with van der Waals surface area (Å²) in [4.78, 5) is 44.1. The van der Waals surface area contributed by atoms with Crippen LogP contribution in [0.1, 0.15) is 52.0 Å². The maximum Gasteiger partial charge on any atom is 0.263 e. The van der Waals surface area contributed by atoms with Crippen LogP contribution in [0.3, 0.4) is 0 Å². The third kappa shape index (κ3) is 7.28. The Morgan fingerprint density at radius 1 is 1.02 bits per heavy atom. The van der Waals surface area contributed by atoms with E-state index in [2.05, 4.69) is 10.6 Å². The first kappa shape index (κ1) is 33.1. The minimum atomic E-state index is -2.79. The lowest BCUT2D eigenvalue weighted by Crippen LogP contribution is -2.55. The average molecular weight is 645 g/mol. The largest absolute Gasteiger partial charge is 0.347 e. The van der Waals surface area contributed by atoms with Crippen molar-refractivity contribution < 1.29 is 27.6 Å². The molecule has 0 saturated heterocycles. The molecule has 0 saturated carbocycles. The number of alkyl halides is 2. The van der Waals surface area contributed by atoms with Crippen LogP contribution >= 0.6 is 0 Å². The Labute approximate surface area is 270 Å². The molecule has 0 spiro atoms. The third-order valence-electron chi connectivity index (χ3n) is 7.81. The van der Waals surface area contributed by atoms with E-state index in [0.717, 1.165) is 6.07 Å². The van der Waals surface area contributed by atoms with Gasteiger partial charge in [0.1, 0.15) is 17.7 Å². The molecule has 2 heterocycles. The van der Waals surface area contributed by atoms with Crippen molar-refractivity contribution in [3.8, 4) is 5.69 Å². The van der Waals surface area contributed by atoms with Crippen molar-refractivity contribution in [2.75, 3.05) is 32.1 Å². The predicted octanol–water partition coefficient (Wildman–Crippen LogP) is 4.98. The first-order valence-electron chi connectivity index (χ1n) is 15.1. The number of carbonyl (C=O) groups excluding carboxylic acids is 3. The van der Waals surface area contributed by atoms with Crippen molar-refractivity contribution in [1.29, 1.82) is 0 Å². The molecule has 1 aliphatic heterocycles. The summed E-state index contributed by atoms with van der Waals surface area (Å²) in [5.41, 5.74) is 1.77. The van der Waals surface area contributed by atoms with Gasteiger partial charge in [-0.15, -0.1) is 0 Å². The predicted molar refractivity (Wildman–Crippen MR) is 172 cm³/mol. The molecule has 0 bridgehead atoms. The second-order valence-corrected chi connectivity index (χ2v) is 11.3. The lowest BCUT2D eigenvalue weighted by molar-refractivity contribution is -0.121. The SMILES string of the molecule is CCN1C(=O)[C@@H](NC(=O)c2cccc(C(F)F)c2)[C@@H](c2ccc(F)cc2)c2c(CNC(=O)/C=C/CN(C)C)nn(-c3ccccc3)c21. The quantitative estimate of drug-likeness (QED) is 0.225. The van der Waals surface area contributed by atoms with Crippen LogP contribution < -0.4 is 15.5 Å². The highest BCUT2D eigenvalue weighted by Gasteiger charge is 2.46. The van der Waals surface area contributed by atoms with Crippen LogP contribution in [-0.2, 0) is 16.1 Å². The van der Waals surface area contributed by atoms with Crippen LogP contribution in [-0.4, -0.2) is 65.6 Å². The molecule has 0 radical (unpaired) electrons. The molecule has 3 aromatic carbocycles. The van der Waals surface area contributed by atoms with Gasteiger partial charge in [0.15, 0.2) is 0 Å². The van der Waals surface area contributed by atoms with E-state index in [-0.39, 0.29) is 30.1 Å². The van der Waals surface area contributed by atoms with Gasteiger partial charge in [-0.25, -0.2) is 17.9 Å². The number of hydrogen-bond donors (Lipinski definition) is 2. The Kier molecular flexibility index (Phi) is 10.2. The van der Waals surface area contributed by atoms with E-state index < -0.39 is 36.0 Å². The number of halogens is 3. The highest BCUT2D eigenvalue weighted by Crippen LogP contribution is 2.43. The molecular formula is C35H35F3N6O3. The summed E-state index contributed by atoms with van der Waals surface area (Å²) in [7, 11) is 3.76. The van der Waals surface area contributed by atoms with Crippen molar-refractivity contribution in [1.82, 2.24) is 25.3 Å². The molecule has 5 rings (SSSR count). The number of amides is 3. The van der Waals surface area contributed by atoms with Crippen LogP contribution in [0, 0.1) is 5.82 Å². The molecule has 9 nitrogen and oxygen atoms in total. The van der Waals surface area contributed by atoms with Gasteiger partial charge in [-0.1, -0.05) is 48.5 Å². The summed E-state index contributed by atoms with van der Waals surface area (Å²) in [6.45, 7) is 2.53. The fraction of sp³-hybridized carbons (Fsp3) is 0.257. The highest BCUT2D eigenvalue weighted by molar-refractivity contribution is 6.05. The lowest BCUT2D eigenvalue weighted by atomic mass is 9.80. The molecule has 1 aromatic heterocycles. The number of fused-ring (bicyclic) bond motifs is 1. The molecule has 1 aliphatic rings. The Morgan fingerprint density at radius 3 is 2.40 bits per heavy atom. The summed E-state index contributed by atoms with van der Waals surface area (Å²) < 4.78 is 42.7. The number of para-hydroxylation sites is 1. The van der Waals surface area contributed by atoms with E-state index in [1.807, 2.05) is 49.3 Å². The molecule has 244 valence electrons. The van der Waals surface area contributed by atoms with Gasteiger partial charge in [0.25, 0.3) is 18.2 Å². The monoisotopic (exact) mass is 644 g/mol. The number of benzene rings is 3. The standard InChI is InChI=1S/C35H35F3N6O3/c1-4-43-34-30(27(21-39-28(45)14-9-19-42(2)3)41-44(34)26-12-6-5-7-13-26)29(22-15-17-25(36)18-16-22)31(35(43)47)40-33(46)24-11-8-10-23(20-24)32(37)38/h5-18,20,29,31-32H,4,19,21H2,1-3H3,(H,39,45)(H,40,46)/b14-9+/t29-,31-/m0/s1. The van der Waals surface area contributed by atoms with Crippen LogP contribution in [0.2, 0.25) is 0 Å². The Balaban J connectivity index is 1.65. The summed E-state index contributed by atoms with van der Waals surface area (Å²) in [6, 6.07) is 18.6. The van der Waals surface area contributed by atoms with Gasteiger partial charge < -0.3 is 15.5 Å². The van der Waals surface area contributed by atoms with Crippen LogP contribution in [0.4, 0.5) is 19.0 Å². The van der Waals surface area contributed by atoms with E-state index in [9.17, 15) is 27.6 Å². The van der Waals surface area contributed by atoms with Gasteiger partial charge in [-0.2, -0.15) is 5.10 Å². The van der Waals surface area contributed by atoms with Crippen LogP contribution in [0.15, 0.2) is 91.0 Å².